The molecule has 43 heavy (non-hydrogen) atoms. The number of hydrogen-bond acceptors (Lipinski definition) is 7. The number of hydrazone groups is 1. The fourth-order valence-electron chi connectivity index (χ4n) is 3.94. The van der Waals surface area contributed by atoms with Gasteiger partial charge in [-0.25, -0.2) is 13.8 Å². The van der Waals surface area contributed by atoms with Gasteiger partial charge in [-0.3, -0.25) is 9.10 Å². The molecule has 9 nitrogen and oxygen atoms in total. The summed E-state index contributed by atoms with van der Waals surface area (Å²) in [5.74, 6) is 0.459. The van der Waals surface area contributed by atoms with Crippen LogP contribution in [-0.2, 0) is 21.4 Å². The van der Waals surface area contributed by atoms with Crippen LogP contribution < -0.4 is 23.9 Å². The first-order valence-corrected chi connectivity index (χ1v) is 15.6. The zero-order chi connectivity index (χ0) is 31.0. The Morgan fingerprint density at radius 3 is 2.35 bits per heavy atom. The second-order valence-electron chi connectivity index (χ2n) is 8.85. The van der Waals surface area contributed by atoms with E-state index in [4.69, 9.17) is 37.4 Å². The number of rotatable bonds is 12. The molecule has 0 saturated carbocycles. The molecule has 0 radical (unpaired) electrons. The molecule has 0 bridgehead atoms. The van der Waals surface area contributed by atoms with Crippen LogP contribution in [0.1, 0.15) is 11.1 Å². The van der Waals surface area contributed by atoms with Gasteiger partial charge in [0.1, 0.15) is 18.9 Å². The topological polar surface area (TPSA) is 107 Å². The van der Waals surface area contributed by atoms with Crippen LogP contribution >= 0.6 is 39.1 Å². The number of sulfonamides is 1. The van der Waals surface area contributed by atoms with Crippen molar-refractivity contribution in [1.82, 2.24) is 5.43 Å². The van der Waals surface area contributed by atoms with Gasteiger partial charge in [-0.05, 0) is 70.0 Å². The van der Waals surface area contributed by atoms with Gasteiger partial charge in [0, 0.05) is 15.6 Å². The Morgan fingerprint density at radius 2 is 1.65 bits per heavy atom. The summed E-state index contributed by atoms with van der Waals surface area (Å²) in [6, 6.07) is 22.9. The van der Waals surface area contributed by atoms with Crippen LogP contribution in [0.5, 0.6) is 17.2 Å². The molecular formula is C30H26BrCl2N3O6S. The first kappa shape index (κ1) is 32.2. The van der Waals surface area contributed by atoms with E-state index in [-0.39, 0.29) is 22.9 Å². The third kappa shape index (κ3) is 7.99. The number of benzene rings is 4. The van der Waals surface area contributed by atoms with Gasteiger partial charge in [-0.15, -0.1) is 0 Å². The first-order chi connectivity index (χ1) is 20.6. The molecule has 0 aliphatic rings. The molecule has 4 rings (SSSR count). The van der Waals surface area contributed by atoms with Crippen molar-refractivity contribution in [2.45, 2.75) is 11.5 Å². The maximum absolute atomic E-state index is 13.6. The van der Waals surface area contributed by atoms with Gasteiger partial charge < -0.3 is 14.2 Å². The molecule has 0 fully saturated rings. The third-order valence-corrected chi connectivity index (χ3v) is 8.96. The van der Waals surface area contributed by atoms with Crippen molar-refractivity contribution in [3.63, 3.8) is 0 Å². The third-order valence-electron chi connectivity index (χ3n) is 6.01. The second kappa shape index (κ2) is 14.6. The summed E-state index contributed by atoms with van der Waals surface area (Å²) in [7, 11) is -1.20. The maximum atomic E-state index is 13.6. The smallest absolute Gasteiger partial charge is 0.264 e. The Bertz CT molecular complexity index is 1740. The molecule has 0 atom stereocenters. The average Bonchev–Trinajstić information content (AvgIpc) is 3.00. The zero-order valence-corrected chi connectivity index (χ0v) is 26.9. The highest BCUT2D eigenvalue weighted by Gasteiger charge is 2.29. The largest absolute Gasteiger partial charge is 0.495 e. The van der Waals surface area contributed by atoms with E-state index in [2.05, 4.69) is 26.5 Å². The number of methoxy groups -OCH3 is 2. The van der Waals surface area contributed by atoms with E-state index in [9.17, 15) is 13.2 Å². The van der Waals surface area contributed by atoms with E-state index in [0.29, 0.717) is 31.6 Å². The number of ether oxygens (including phenoxy) is 3. The van der Waals surface area contributed by atoms with Crippen LogP contribution in [0.15, 0.2) is 99.4 Å². The minimum atomic E-state index is -4.12. The number of carbonyl (C=O) groups is 1. The summed E-state index contributed by atoms with van der Waals surface area (Å²) in [5, 5.41) is 5.02. The molecule has 13 heteroatoms. The Labute approximate surface area is 268 Å². The summed E-state index contributed by atoms with van der Waals surface area (Å²) in [5.41, 5.74) is 3.91. The maximum Gasteiger partial charge on any atom is 0.264 e. The predicted octanol–water partition coefficient (Wildman–Crippen LogP) is 6.70. The van der Waals surface area contributed by atoms with Gasteiger partial charge in [0.15, 0.2) is 11.5 Å². The van der Waals surface area contributed by atoms with E-state index in [0.717, 1.165) is 9.87 Å². The van der Waals surface area contributed by atoms with Crippen LogP contribution in [0.25, 0.3) is 0 Å². The van der Waals surface area contributed by atoms with Gasteiger partial charge in [-0.1, -0.05) is 59.6 Å². The molecule has 1 N–H and O–H groups in total. The standard InChI is InChI=1S/C30H26BrCl2N3O6S/c1-40-27-11-7-6-10-26(27)36(43(38,39)23-8-4-3-5-9-23)18-29(37)35-34-17-20-14-24(31)30(28(15-20)41-2)42-19-21-12-13-22(32)16-25(21)33/h3-17H,18-19H2,1-2H3,(H,35,37)/b34-17-. The summed E-state index contributed by atoms with van der Waals surface area (Å²) >= 11 is 15.7. The molecule has 1 amide bonds. The average molecular weight is 707 g/mol. The van der Waals surface area contributed by atoms with Crippen LogP contribution in [0.2, 0.25) is 10.0 Å². The van der Waals surface area contributed by atoms with Gasteiger partial charge in [0.05, 0.1) is 35.5 Å². The van der Waals surface area contributed by atoms with Crippen LogP contribution in [-0.4, -0.2) is 41.3 Å². The van der Waals surface area contributed by atoms with Gasteiger partial charge >= 0.3 is 0 Å². The van der Waals surface area contributed by atoms with Gasteiger partial charge in [-0.2, -0.15) is 5.10 Å². The number of anilines is 1. The normalized spacial score (nSPS) is 11.3. The van der Waals surface area contributed by atoms with Gasteiger partial charge in [0.25, 0.3) is 15.9 Å². The monoisotopic (exact) mass is 705 g/mol. The van der Waals surface area contributed by atoms with E-state index < -0.39 is 22.5 Å². The zero-order valence-electron chi connectivity index (χ0n) is 23.0. The van der Waals surface area contributed by atoms with Crippen molar-refractivity contribution in [2.24, 2.45) is 5.10 Å². The fourth-order valence-corrected chi connectivity index (χ4v) is 6.43. The molecule has 4 aromatic rings. The lowest BCUT2D eigenvalue weighted by Gasteiger charge is -2.25. The lowest BCUT2D eigenvalue weighted by Crippen LogP contribution is -2.39. The Kier molecular flexibility index (Phi) is 10.9. The number of nitrogens with zero attached hydrogens (tertiary/aromatic N) is 2. The minimum absolute atomic E-state index is 0.0230. The summed E-state index contributed by atoms with van der Waals surface area (Å²) in [6.07, 6.45) is 1.39. The SMILES string of the molecule is COc1ccccc1N(CC(=O)N/N=C\c1cc(Br)c(OCc2ccc(Cl)cc2Cl)c(OC)c1)S(=O)(=O)c1ccccc1. The Balaban J connectivity index is 1.50. The van der Waals surface area contributed by atoms with E-state index >= 15 is 0 Å². The quantitative estimate of drug-likeness (QED) is 0.130. The lowest BCUT2D eigenvalue weighted by atomic mass is 10.2. The molecule has 0 saturated heterocycles. The molecule has 0 aliphatic heterocycles. The van der Waals surface area contributed by atoms with Crippen molar-refractivity contribution < 1.29 is 27.4 Å². The number of nitrogens with one attached hydrogen (secondary N) is 1. The molecule has 4 aromatic carbocycles. The molecule has 0 aromatic heterocycles. The molecule has 224 valence electrons. The van der Waals surface area contributed by atoms with E-state index in [1.54, 1.807) is 72.8 Å². The van der Waals surface area contributed by atoms with Crippen molar-refractivity contribution in [3.8, 4) is 17.2 Å². The van der Waals surface area contributed by atoms with Crippen molar-refractivity contribution in [1.29, 1.82) is 0 Å². The van der Waals surface area contributed by atoms with Crippen molar-refractivity contribution in [2.75, 3.05) is 25.1 Å². The van der Waals surface area contributed by atoms with Crippen LogP contribution in [0.3, 0.4) is 0 Å². The van der Waals surface area contributed by atoms with Gasteiger partial charge in [0.2, 0.25) is 0 Å². The predicted molar refractivity (Wildman–Crippen MR) is 171 cm³/mol. The number of hydrogen-bond donors (Lipinski definition) is 1. The molecule has 0 spiro atoms. The lowest BCUT2D eigenvalue weighted by molar-refractivity contribution is -0.119. The number of para-hydroxylation sites is 2. The first-order valence-electron chi connectivity index (χ1n) is 12.6. The van der Waals surface area contributed by atoms with E-state index in [1.807, 2.05) is 0 Å². The number of carbonyl (C=O) groups excluding carboxylic acids is 1. The highest BCUT2D eigenvalue weighted by Crippen LogP contribution is 2.37. The number of amides is 1. The molecule has 0 aliphatic carbocycles. The highest BCUT2D eigenvalue weighted by molar-refractivity contribution is 9.10. The molecule has 0 heterocycles. The Hall–Kier alpha value is -3.77. The molecule has 0 unspecified atom stereocenters. The second-order valence-corrected chi connectivity index (χ2v) is 12.4. The van der Waals surface area contributed by atoms with Crippen LogP contribution in [0.4, 0.5) is 5.69 Å². The van der Waals surface area contributed by atoms with Crippen LogP contribution in [0, 0.1) is 0 Å². The highest BCUT2D eigenvalue weighted by atomic mass is 79.9. The number of halogens is 3. The minimum Gasteiger partial charge on any atom is -0.495 e. The summed E-state index contributed by atoms with van der Waals surface area (Å²) < 4.78 is 45.5. The van der Waals surface area contributed by atoms with Crippen molar-refractivity contribution >= 4 is 67.0 Å². The van der Waals surface area contributed by atoms with Crippen molar-refractivity contribution in [3.05, 3.63) is 111 Å². The summed E-state index contributed by atoms with van der Waals surface area (Å²) in [6.45, 7) is -0.384. The molecular weight excluding hydrogens is 681 g/mol. The van der Waals surface area contributed by atoms with E-state index in [1.165, 1.54) is 32.6 Å². The summed E-state index contributed by atoms with van der Waals surface area (Å²) in [4.78, 5) is 13.0. The fraction of sp³-hybridized carbons (Fsp3) is 0.133. The Morgan fingerprint density at radius 1 is 0.953 bits per heavy atom.